The maximum absolute atomic E-state index is 12.9. The number of hydrogen-bond acceptors (Lipinski definition) is 4. The van der Waals surface area contributed by atoms with Crippen LogP contribution in [0.1, 0.15) is 38.2 Å². The number of carbonyl (C=O) groups is 1. The molecule has 4 nitrogen and oxygen atoms in total. The molecule has 4 atom stereocenters. The molecule has 2 aliphatic heterocycles. The fourth-order valence-electron chi connectivity index (χ4n) is 3.86. The summed E-state index contributed by atoms with van der Waals surface area (Å²) in [6.07, 6.45) is 3.84. The fourth-order valence-corrected chi connectivity index (χ4v) is 3.86. The van der Waals surface area contributed by atoms with Crippen molar-refractivity contribution in [2.24, 2.45) is 0 Å². The van der Waals surface area contributed by atoms with Crippen LogP contribution in [0.2, 0.25) is 0 Å². The van der Waals surface area contributed by atoms with E-state index in [0.29, 0.717) is 17.2 Å². The summed E-state index contributed by atoms with van der Waals surface area (Å²) in [5.74, 6) is 4.71. The Hall–Kier alpha value is -2.09. The lowest BCUT2D eigenvalue weighted by Gasteiger charge is -2.37. The third-order valence-electron chi connectivity index (χ3n) is 5.31. The second kappa shape index (κ2) is 7.03. The van der Waals surface area contributed by atoms with Crippen LogP contribution in [0.3, 0.4) is 0 Å². The van der Waals surface area contributed by atoms with Crippen molar-refractivity contribution in [2.45, 2.75) is 56.4 Å². The highest BCUT2D eigenvalue weighted by Gasteiger charge is 2.45. The number of esters is 1. The number of aliphatic hydroxyl groups is 1. The minimum Gasteiger partial charge on any atom is -0.458 e. The van der Waals surface area contributed by atoms with Crippen LogP contribution in [0.5, 0.6) is 0 Å². The molecule has 1 aromatic rings. The minimum atomic E-state index is -1.98. The SMILES string of the molecule is C=C(C)C#CC(O)(C(=O)O[C@H]1CC[C@H]2CC[C@@H]1N2C)c1ccccc1. The van der Waals surface area contributed by atoms with Gasteiger partial charge in [0.1, 0.15) is 6.10 Å². The molecule has 1 aromatic carbocycles. The fraction of sp³-hybridized carbons (Fsp3) is 0.476. The van der Waals surface area contributed by atoms with E-state index in [1.165, 1.54) is 0 Å². The van der Waals surface area contributed by atoms with Gasteiger partial charge in [-0.05, 0) is 51.1 Å². The number of benzene rings is 1. The van der Waals surface area contributed by atoms with Crippen LogP contribution in [0.4, 0.5) is 0 Å². The van der Waals surface area contributed by atoms with Crippen molar-refractivity contribution >= 4 is 5.97 Å². The van der Waals surface area contributed by atoms with E-state index in [-0.39, 0.29) is 12.1 Å². The minimum absolute atomic E-state index is 0.196. The van der Waals surface area contributed by atoms with E-state index in [1.807, 2.05) is 6.07 Å². The molecule has 1 N–H and O–H groups in total. The Kier molecular flexibility index (Phi) is 4.99. The zero-order chi connectivity index (χ0) is 18.0. The molecule has 0 radical (unpaired) electrons. The number of carbonyl (C=O) groups excluding carboxylic acids is 1. The number of ether oxygens (including phenoxy) is 1. The van der Waals surface area contributed by atoms with Crippen molar-refractivity contribution in [2.75, 3.05) is 7.05 Å². The van der Waals surface area contributed by atoms with E-state index in [1.54, 1.807) is 31.2 Å². The Balaban J connectivity index is 1.85. The van der Waals surface area contributed by atoms with Gasteiger partial charge in [-0.25, -0.2) is 4.79 Å². The smallest absolute Gasteiger partial charge is 0.356 e. The highest BCUT2D eigenvalue weighted by atomic mass is 16.6. The molecule has 2 heterocycles. The Morgan fingerprint density at radius 1 is 1.28 bits per heavy atom. The summed E-state index contributed by atoms with van der Waals surface area (Å²) in [6.45, 7) is 5.46. The normalized spacial score (nSPS) is 27.7. The maximum atomic E-state index is 12.9. The van der Waals surface area contributed by atoms with Gasteiger partial charge in [0.25, 0.3) is 5.60 Å². The van der Waals surface area contributed by atoms with Crippen molar-refractivity contribution in [3.8, 4) is 11.8 Å². The predicted octanol–water partition coefficient (Wildman–Crippen LogP) is 2.62. The lowest BCUT2D eigenvalue weighted by atomic mass is 9.93. The molecule has 0 spiro atoms. The molecule has 2 bridgehead atoms. The second-order valence-corrected chi connectivity index (χ2v) is 7.09. The zero-order valence-corrected chi connectivity index (χ0v) is 14.9. The summed E-state index contributed by atoms with van der Waals surface area (Å²) in [7, 11) is 2.09. The van der Waals surface area contributed by atoms with E-state index in [9.17, 15) is 9.90 Å². The molecule has 4 heteroatoms. The first-order chi connectivity index (χ1) is 11.9. The third kappa shape index (κ3) is 3.49. The summed E-state index contributed by atoms with van der Waals surface area (Å²) in [5, 5.41) is 11.1. The van der Waals surface area contributed by atoms with Gasteiger partial charge < -0.3 is 9.84 Å². The number of hydrogen-bond donors (Lipinski definition) is 1. The molecule has 0 saturated carbocycles. The second-order valence-electron chi connectivity index (χ2n) is 7.09. The van der Waals surface area contributed by atoms with Crippen LogP contribution in [-0.4, -0.2) is 41.2 Å². The number of allylic oxidation sites excluding steroid dienone is 1. The van der Waals surface area contributed by atoms with Gasteiger partial charge in [0.05, 0.1) is 0 Å². The molecule has 2 saturated heterocycles. The average Bonchev–Trinajstić information content (AvgIpc) is 2.84. The van der Waals surface area contributed by atoms with E-state index in [0.717, 1.165) is 25.7 Å². The molecule has 25 heavy (non-hydrogen) atoms. The summed E-state index contributed by atoms with van der Waals surface area (Å²) < 4.78 is 5.78. The lowest BCUT2D eigenvalue weighted by molar-refractivity contribution is -0.171. The summed E-state index contributed by atoms with van der Waals surface area (Å²) in [5.41, 5.74) is -0.978. The van der Waals surface area contributed by atoms with Crippen LogP contribution in [-0.2, 0) is 15.1 Å². The van der Waals surface area contributed by atoms with Crippen molar-refractivity contribution in [1.29, 1.82) is 0 Å². The third-order valence-corrected chi connectivity index (χ3v) is 5.31. The van der Waals surface area contributed by atoms with Gasteiger partial charge in [0.15, 0.2) is 0 Å². The molecule has 1 unspecified atom stereocenters. The van der Waals surface area contributed by atoms with E-state index in [2.05, 4.69) is 30.4 Å². The average molecular weight is 339 g/mol. The molecule has 2 fully saturated rings. The number of likely N-dealkylation sites (N-methyl/N-ethyl adjacent to an activating group) is 1. The molecular formula is C21H25NO3. The highest BCUT2D eigenvalue weighted by Crippen LogP contribution is 2.36. The van der Waals surface area contributed by atoms with Crippen molar-refractivity contribution in [3.63, 3.8) is 0 Å². The highest BCUT2D eigenvalue weighted by molar-refractivity contribution is 5.85. The molecule has 3 rings (SSSR count). The van der Waals surface area contributed by atoms with E-state index < -0.39 is 11.6 Å². The Labute approximate surface area is 149 Å². The predicted molar refractivity (Wildman–Crippen MR) is 96.6 cm³/mol. The largest absolute Gasteiger partial charge is 0.458 e. The van der Waals surface area contributed by atoms with Gasteiger partial charge in [-0.15, -0.1) is 0 Å². The lowest BCUT2D eigenvalue weighted by Crippen LogP contribution is -2.49. The van der Waals surface area contributed by atoms with Crippen LogP contribution in [0.15, 0.2) is 42.5 Å². The first kappa shape index (κ1) is 17.7. The van der Waals surface area contributed by atoms with Crippen LogP contribution < -0.4 is 0 Å². The summed E-state index contributed by atoms with van der Waals surface area (Å²) >= 11 is 0. The topological polar surface area (TPSA) is 49.8 Å². The Bertz CT molecular complexity index is 718. The first-order valence-electron chi connectivity index (χ1n) is 8.81. The monoisotopic (exact) mass is 339 g/mol. The summed E-state index contributed by atoms with van der Waals surface area (Å²) in [4.78, 5) is 15.2. The number of fused-ring (bicyclic) bond motifs is 2. The van der Waals surface area contributed by atoms with Gasteiger partial charge in [-0.1, -0.05) is 42.8 Å². The number of nitrogens with zero attached hydrogens (tertiary/aromatic N) is 1. The Morgan fingerprint density at radius 2 is 1.96 bits per heavy atom. The summed E-state index contributed by atoms with van der Waals surface area (Å²) in [6, 6.07) is 9.57. The van der Waals surface area contributed by atoms with E-state index in [4.69, 9.17) is 4.74 Å². The van der Waals surface area contributed by atoms with Gasteiger partial charge in [0, 0.05) is 17.6 Å². The molecule has 0 aromatic heterocycles. The molecule has 132 valence electrons. The molecule has 2 aliphatic rings. The zero-order valence-electron chi connectivity index (χ0n) is 14.9. The van der Waals surface area contributed by atoms with Crippen molar-refractivity contribution in [1.82, 2.24) is 4.90 Å². The van der Waals surface area contributed by atoms with Crippen molar-refractivity contribution < 1.29 is 14.6 Å². The molecule has 0 amide bonds. The van der Waals surface area contributed by atoms with Crippen molar-refractivity contribution in [3.05, 3.63) is 48.0 Å². The first-order valence-corrected chi connectivity index (χ1v) is 8.81. The van der Waals surface area contributed by atoms with Gasteiger partial charge in [-0.3, -0.25) is 4.90 Å². The standard InChI is InChI=1S/C21H25NO3/c1-15(2)13-14-21(24,16-7-5-4-6-8-16)20(23)25-19-12-10-17-9-11-18(19)22(17)3/h4-8,17-19,24H,1,9-12H2,2-3H3/t17-,18+,19+,21?/m1/s1. The number of piperidine rings is 1. The van der Waals surface area contributed by atoms with Gasteiger partial charge in [0.2, 0.25) is 0 Å². The van der Waals surface area contributed by atoms with Crippen LogP contribution in [0.25, 0.3) is 0 Å². The molecule has 0 aliphatic carbocycles. The quantitative estimate of drug-likeness (QED) is 0.679. The van der Waals surface area contributed by atoms with Gasteiger partial charge in [-0.2, -0.15) is 0 Å². The Morgan fingerprint density at radius 3 is 2.64 bits per heavy atom. The van der Waals surface area contributed by atoms with Crippen LogP contribution in [0, 0.1) is 11.8 Å². The number of rotatable bonds is 3. The molecular weight excluding hydrogens is 314 g/mol. The van der Waals surface area contributed by atoms with Gasteiger partial charge >= 0.3 is 5.97 Å². The maximum Gasteiger partial charge on any atom is 0.356 e. The van der Waals surface area contributed by atoms with E-state index >= 15 is 0 Å². The van der Waals surface area contributed by atoms with Crippen LogP contribution >= 0.6 is 0 Å².